The molecule has 0 spiro atoms. The van der Waals surface area contributed by atoms with Crippen molar-refractivity contribution in [2.45, 2.75) is 9.89 Å². The van der Waals surface area contributed by atoms with Gasteiger partial charge in [-0.2, -0.15) is 10.7 Å². The predicted molar refractivity (Wildman–Crippen MR) is 97.1 cm³/mol. The van der Waals surface area contributed by atoms with Crippen molar-refractivity contribution in [1.82, 2.24) is 5.43 Å². The molecule has 0 saturated carbocycles. The highest BCUT2D eigenvalue weighted by atomic mass is 35.5. The van der Waals surface area contributed by atoms with E-state index in [2.05, 4.69) is 5.43 Å². The molecule has 6 nitrogen and oxygen atoms in total. The molecular formula is C16H12Cl2N4O2S. The summed E-state index contributed by atoms with van der Waals surface area (Å²) in [7, 11) is -3.98. The fourth-order valence-electron chi connectivity index (χ4n) is 2.47. The maximum Gasteiger partial charge on any atom is 0.240 e. The molecular weight excluding hydrogens is 383 g/mol. The number of nitrogens with one attached hydrogen (secondary N) is 1. The zero-order valence-corrected chi connectivity index (χ0v) is 15.0. The minimum Gasteiger partial charge on any atom is -0.272 e. The van der Waals surface area contributed by atoms with Gasteiger partial charge in [-0.15, -0.1) is 0 Å². The van der Waals surface area contributed by atoms with Crippen LogP contribution in [0.3, 0.4) is 0 Å². The second-order valence-corrected chi connectivity index (χ2v) is 7.88. The maximum atomic E-state index is 11.9. The number of nitrogens with two attached hydrogens (primary N) is 1. The third kappa shape index (κ3) is 3.49. The fourth-order valence-corrected chi connectivity index (χ4v) is 3.50. The van der Waals surface area contributed by atoms with E-state index in [1.807, 2.05) is 6.07 Å². The summed E-state index contributed by atoms with van der Waals surface area (Å²) in [5.74, 6) is 0. The number of nitrogens with zero attached hydrogens (tertiary/aromatic N) is 2. The van der Waals surface area contributed by atoms with Crippen LogP contribution in [0, 0.1) is 11.3 Å². The minimum absolute atomic E-state index is 0.0961. The van der Waals surface area contributed by atoms with Crippen LogP contribution in [0.5, 0.6) is 0 Å². The topological polar surface area (TPSA) is 99.2 Å². The Balaban J connectivity index is 2.18. The Morgan fingerprint density at radius 2 is 1.80 bits per heavy atom. The molecule has 0 amide bonds. The molecule has 2 aromatic carbocycles. The van der Waals surface area contributed by atoms with Crippen molar-refractivity contribution in [3.63, 3.8) is 0 Å². The minimum atomic E-state index is -3.98. The van der Waals surface area contributed by atoms with Crippen molar-refractivity contribution < 1.29 is 8.42 Å². The molecule has 1 atom stereocenters. The monoisotopic (exact) mass is 394 g/mol. The number of hydrazine groups is 1. The molecule has 0 bridgehead atoms. The zero-order chi connectivity index (χ0) is 18.2. The van der Waals surface area contributed by atoms with E-state index in [0.717, 1.165) is 0 Å². The van der Waals surface area contributed by atoms with Crippen LogP contribution in [0.4, 0.5) is 5.69 Å². The number of benzene rings is 2. The predicted octanol–water partition coefficient (Wildman–Crippen LogP) is 2.81. The highest BCUT2D eigenvalue weighted by molar-refractivity contribution is 7.89. The van der Waals surface area contributed by atoms with Crippen molar-refractivity contribution in [1.29, 1.82) is 5.26 Å². The zero-order valence-electron chi connectivity index (χ0n) is 12.6. The maximum absolute atomic E-state index is 11.9. The van der Waals surface area contributed by atoms with Crippen LogP contribution in [-0.2, 0) is 10.0 Å². The first kappa shape index (κ1) is 17.7. The third-order valence-corrected chi connectivity index (χ3v) is 5.05. The molecule has 1 heterocycles. The first-order chi connectivity index (χ1) is 11.7. The van der Waals surface area contributed by atoms with Gasteiger partial charge in [0.05, 0.1) is 11.4 Å². The Hall–Kier alpha value is -2.08. The highest BCUT2D eigenvalue weighted by Gasteiger charge is 2.38. The van der Waals surface area contributed by atoms with E-state index in [0.29, 0.717) is 16.3 Å². The molecule has 0 radical (unpaired) electrons. The molecule has 1 unspecified atom stereocenters. The molecule has 0 aliphatic carbocycles. The quantitative estimate of drug-likeness (QED) is 0.615. The van der Waals surface area contributed by atoms with Gasteiger partial charge in [-0.1, -0.05) is 47.5 Å². The summed E-state index contributed by atoms with van der Waals surface area (Å²) in [4.78, 5) is -1.62. The van der Waals surface area contributed by atoms with Crippen molar-refractivity contribution >= 4 is 44.6 Å². The van der Waals surface area contributed by atoms with Gasteiger partial charge in [-0.05, 0) is 35.9 Å². The van der Waals surface area contributed by atoms with E-state index in [1.165, 1.54) is 17.2 Å². The average molecular weight is 395 g/mol. The summed E-state index contributed by atoms with van der Waals surface area (Å²) >= 11 is 12.2. The van der Waals surface area contributed by atoms with E-state index in [-0.39, 0.29) is 10.6 Å². The molecule has 128 valence electrons. The lowest BCUT2D eigenvalue weighted by Crippen LogP contribution is -2.43. The van der Waals surface area contributed by atoms with Crippen molar-refractivity contribution in [2.75, 3.05) is 5.01 Å². The molecule has 1 aliphatic heterocycles. The number of para-hydroxylation sites is 1. The molecule has 0 fully saturated rings. The molecule has 3 N–H and O–H groups in total. The summed E-state index contributed by atoms with van der Waals surface area (Å²) in [6.45, 7) is 0. The van der Waals surface area contributed by atoms with Gasteiger partial charge in [-0.3, -0.25) is 5.01 Å². The van der Waals surface area contributed by atoms with Gasteiger partial charge in [0.15, 0.2) is 0 Å². The lowest BCUT2D eigenvalue weighted by atomic mass is 10.1. The van der Waals surface area contributed by atoms with Crippen LogP contribution in [0.1, 0.15) is 5.56 Å². The van der Waals surface area contributed by atoms with E-state index >= 15 is 0 Å². The molecule has 2 aromatic rings. The second kappa shape index (κ2) is 6.33. The molecule has 0 saturated heterocycles. The van der Waals surface area contributed by atoms with Crippen LogP contribution >= 0.6 is 23.2 Å². The van der Waals surface area contributed by atoms with E-state index in [1.54, 1.807) is 42.5 Å². The second-order valence-electron chi connectivity index (χ2n) is 5.32. The van der Waals surface area contributed by atoms with Crippen LogP contribution in [0.2, 0.25) is 5.02 Å². The van der Waals surface area contributed by atoms with Crippen LogP contribution in [0.15, 0.2) is 59.5 Å². The highest BCUT2D eigenvalue weighted by Crippen LogP contribution is 2.37. The van der Waals surface area contributed by atoms with Gasteiger partial charge in [0.1, 0.15) is 11.0 Å². The Bertz CT molecular complexity index is 1000. The van der Waals surface area contributed by atoms with E-state index < -0.39 is 15.0 Å². The Morgan fingerprint density at radius 3 is 2.40 bits per heavy atom. The van der Waals surface area contributed by atoms with Gasteiger partial charge in [0, 0.05) is 5.02 Å². The van der Waals surface area contributed by atoms with Gasteiger partial charge in [0.2, 0.25) is 15.0 Å². The Morgan fingerprint density at radius 1 is 1.16 bits per heavy atom. The Kier molecular flexibility index (Phi) is 4.49. The SMILES string of the molecule is N#CC1(Cl)C=C(c2ccc(Cl)cc2)N(c2ccccc2S(N)(=O)=O)N1. The number of alkyl halides is 1. The lowest BCUT2D eigenvalue weighted by molar-refractivity contribution is 0.596. The van der Waals surface area contributed by atoms with Crippen LogP contribution in [0.25, 0.3) is 5.70 Å². The van der Waals surface area contributed by atoms with Gasteiger partial charge >= 0.3 is 0 Å². The molecule has 25 heavy (non-hydrogen) atoms. The number of halogens is 2. The first-order valence-corrected chi connectivity index (χ1v) is 9.32. The van der Waals surface area contributed by atoms with Gasteiger partial charge in [-0.25, -0.2) is 13.6 Å². The number of sulfonamides is 1. The lowest BCUT2D eigenvalue weighted by Gasteiger charge is -2.26. The van der Waals surface area contributed by atoms with E-state index in [4.69, 9.17) is 28.3 Å². The summed E-state index contributed by atoms with van der Waals surface area (Å²) < 4.78 is 23.8. The van der Waals surface area contributed by atoms with Gasteiger partial charge < -0.3 is 0 Å². The fraction of sp³-hybridized carbons (Fsp3) is 0.0625. The summed E-state index contributed by atoms with van der Waals surface area (Å²) in [5, 5.41) is 16.6. The largest absolute Gasteiger partial charge is 0.272 e. The number of primary sulfonamides is 1. The third-order valence-electron chi connectivity index (χ3n) is 3.57. The standard InChI is InChI=1S/C16H12Cl2N4O2S/c17-12-7-5-11(6-8-12)14-9-16(18,10-19)21-22(14)13-3-1-2-4-15(13)25(20,23)24/h1-9,21H,(H2,20,23,24). The molecule has 1 aliphatic rings. The van der Waals surface area contributed by atoms with E-state index in [9.17, 15) is 13.7 Å². The average Bonchev–Trinajstić information content (AvgIpc) is 2.93. The molecule has 0 aromatic heterocycles. The molecule has 3 rings (SSSR count). The first-order valence-electron chi connectivity index (χ1n) is 7.02. The summed E-state index contributed by atoms with van der Waals surface area (Å²) in [6, 6.07) is 14.9. The number of nitriles is 1. The molecule has 9 heteroatoms. The van der Waals surface area contributed by atoms with Crippen molar-refractivity contribution in [3.8, 4) is 6.07 Å². The van der Waals surface area contributed by atoms with Crippen LogP contribution < -0.4 is 15.6 Å². The number of rotatable bonds is 3. The van der Waals surface area contributed by atoms with Crippen LogP contribution in [-0.4, -0.2) is 13.4 Å². The van der Waals surface area contributed by atoms with Gasteiger partial charge in [0.25, 0.3) is 0 Å². The summed E-state index contributed by atoms with van der Waals surface area (Å²) in [6.07, 6.45) is 1.50. The number of hydrogen-bond donors (Lipinski definition) is 2. The van der Waals surface area contributed by atoms with Crippen molar-refractivity contribution in [3.05, 3.63) is 65.2 Å². The Labute approximate surface area is 155 Å². The summed E-state index contributed by atoms with van der Waals surface area (Å²) in [5.41, 5.74) is 4.25. The number of hydrogen-bond acceptors (Lipinski definition) is 5. The van der Waals surface area contributed by atoms with Crippen molar-refractivity contribution in [2.24, 2.45) is 5.14 Å². The smallest absolute Gasteiger partial charge is 0.240 e. The number of anilines is 1. The normalized spacial score (nSPS) is 20.2.